The lowest BCUT2D eigenvalue weighted by Crippen LogP contribution is -2.60. The van der Waals surface area contributed by atoms with Gasteiger partial charge in [-0.25, -0.2) is 0 Å². The molecular formula is C15H25BrO2. The van der Waals surface area contributed by atoms with E-state index in [2.05, 4.69) is 49.7 Å². The summed E-state index contributed by atoms with van der Waals surface area (Å²) in [5, 5.41) is 10.5. The molecule has 0 bridgehead atoms. The van der Waals surface area contributed by atoms with Gasteiger partial charge < -0.3 is 9.84 Å². The maximum atomic E-state index is 10.5. The highest BCUT2D eigenvalue weighted by molar-refractivity contribution is 9.09. The fourth-order valence-corrected chi connectivity index (χ4v) is 3.70. The van der Waals surface area contributed by atoms with Crippen LogP contribution >= 0.6 is 15.9 Å². The third kappa shape index (κ3) is 2.54. The van der Waals surface area contributed by atoms with Crippen molar-refractivity contribution >= 4 is 15.9 Å². The molecule has 1 fully saturated rings. The molecule has 1 N–H and O–H groups in total. The van der Waals surface area contributed by atoms with Crippen molar-refractivity contribution in [2.45, 2.75) is 75.5 Å². The second-order valence-corrected chi connectivity index (χ2v) is 7.74. The highest BCUT2D eigenvalue weighted by atomic mass is 79.9. The Balaban J connectivity index is 2.19. The molecular weight excluding hydrogens is 292 g/mol. The maximum Gasteiger partial charge on any atom is 0.0951 e. The minimum absolute atomic E-state index is 0.217. The Kier molecular flexibility index (Phi) is 3.97. The Morgan fingerprint density at radius 1 is 1.39 bits per heavy atom. The molecule has 0 unspecified atom stereocenters. The van der Waals surface area contributed by atoms with Gasteiger partial charge in [-0.1, -0.05) is 27.6 Å². The van der Waals surface area contributed by atoms with Crippen molar-refractivity contribution in [2.75, 3.05) is 0 Å². The van der Waals surface area contributed by atoms with Crippen molar-refractivity contribution in [1.82, 2.24) is 0 Å². The lowest BCUT2D eigenvalue weighted by atomic mass is 9.72. The fraction of sp³-hybridized carbons (Fsp3) is 0.867. The van der Waals surface area contributed by atoms with Crippen LogP contribution in [-0.4, -0.2) is 27.2 Å². The summed E-state index contributed by atoms with van der Waals surface area (Å²) in [5.74, 6) is 0.426. The summed E-state index contributed by atoms with van der Waals surface area (Å²) < 4.78 is 6.33. The molecule has 1 heterocycles. The number of hydrogen-bond acceptors (Lipinski definition) is 2. The highest BCUT2D eigenvalue weighted by Crippen LogP contribution is 2.46. The molecule has 0 radical (unpaired) electrons. The first-order chi connectivity index (χ1) is 8.25. The summed E-state index contributed by atoms with van der Waals surface area (Å²) in [6, 6.07) is 0. The lowest BCUT2D eigenvalue weighted by Gasteiger charge is -2.53. The summed E-state index contributed by atoms with van der Waals surface area (Å²) in [5.41, 5.74) is 0.840. The van der Waals surface area contributed by atoms with E-state index < -0.39 is 5.60 Å². The summed E-state index contributed by atoms with van der Waals surface area (Å²) >= 11 is 3.64. The summed E-state index contributed by atoms with van der Waals surface area (Å²) in [6.45, 7) is 8.51. The van der Waals surface area contributed by atoms with Gasteiger partial charge in [0, 0.05) is 4.83 Å². The predicted octanol–water partition coefficient (Wildman–Crippen LogP) is 3.81. The van der Waals surface area contributed by atoms with Crippen LogP contribution in [0.2, 0.25) is 0 Å². The zero-order valence-electron chi connectivity index (χ0n) is 11.9. The minimum atomic E-state index is -0.412. The van der Waals surface area contributed by atoms with Gasteiger partial charge in [-0.05, 0) is 59.3 Å². The van der Waals surface area contributed by atoms with Crippen molar-refractivity contribution in [3.05, 3.63) is 11.6 Å². The van der Waals surface area contributed by atoms with Crippen LogP contribution in [0.3, 0.4) is 0 Å². The van der Waals surface area contributed by atoms with Crippen molar-refractivity contribution in [1.29, 1.82) is 0 Å². The van der Waals surface area contributed by atoms with E-state index in [0.717, 1.165) is 25.7 Å². The smallest absolute Gasteiger partial charge is 0.0951 e. The van der Waals surface area contributed by atoms with Gasteiger partial charge in [0.15, 0.2) is 0 Å². The van der Waals surface area contributed by atoms with Crippen molar-refractivity contribution < 1.29 is 9.84 Å². The van der Waals surface area contributed by atoms with E-state index in [9.17, 15) is 5.11 Å². The molecule has 0 aromatic heterocycles. The van der Waals surface area contributed by atoms with Crippen LogP contribution in [0.4, 0.5) is 0 Å². The van der Waals surface area contributed by atoms with Crippen molar-refractivity contribution in [2.24, 2.45) is 5.92 Å². The van der Waals surface area contributed by atoms with E-state index in [-0.39, 0.29) is 16.5 Å². The molecule has 0 amide bonds. The number of rotatable bonds is 1. The third-order valence-electron chi connectivity index (χ3n) is 4.78. The van der Waals surface area contributed by atoms with E-state index in [0.29, 0.717) is 5.92 Å². The molecule has 0 aromatic carbocycles. The van der Waals surface area contributed by atoms with Crippen LogP contribution in [0.5, 0.6) is 0 Å². The molecule has 3 heteroatoms. The van der Waals surface area contributed by atoms with Crippen LogP contribution < -0.4 is 0 Å². The Morgan fingerprint density at radius 3 is 2.61 bits per heavy atom. The highest BCUT2D eigenvalue weighted by Gasteiger charge is 2.51. The van der Waals surface area contributed by atoms with Crippen LogP contribution in [0.1, 0.15) is 53.4 Å². The Morgan fingerprint density at radius 2 is 2.06 bits per heavy atom. The molecule has 18 heavy (non-hydrogen) atoms. The van der Waals surface area contributed by atoms with Crippen molar-refractivity contribution in [3.63, 3.8) is 0 Å². The second-order valence-electron chi connectivity index (χ2n) is 6.63. The average Bonchev–Trinajstić information content (AvgIpc) is 2.27. The van der Waals surface area contributed by atoms with E-state index in [4.69, 9.17) is 4.74 Å². The van der Waals surface area contributed by atoms with Crippen LogP contribution in [0.15, 0.2) is 11.6 Å². The molecule has 2 aliphatic rings. The molecule has 0 spiro atoms. The first-order valence-electron chi connectivity index (χ1n) is 6.93. The zero-order chi connectivity index (χ0) is 13.6. The average molecular weight is 317 g/mol. The first-order valence-corrected chi connectivity index (χ1v) is 7.85. The molecule has 2 nitrogen and oxygen atoms in total. The minimum Gasteiger partial charge on any atom is -0.390 e. The lowest BCUT2D eigenvalue weighted by molar-refractivity contribution is -0.235. The predicted molar refractivity (Wildman–Crippen MR) is 78.0 cm³/mol. The summed E-state index contributed by atoms with van der Waals surface area (Å²) in [4.78, 5) is 0.217. The van der Waals surface area contributed by atoms with Crippen LogP contribution in [-0.2, 0) is 4.74 Å². The van der Waals surface area contributed by atoms with Gasteiger partial charge in [0.2, 0.25) is 0 Å². The molecule has 104 valence electrons. The van der Waals surface area contributed by atoms with Crippen molar-refractivity contribution in [3.8, 4) is 0 Å². The van der Waals surface area contributed by atoms with Gasteiger partial charge in [-0.2, -0.15) is 0 Å². The normalized spacial score (nSPS) is 44.6. The molecule has 0 aromatic rings. The monoisotopic (exact) mass is 316 g/mol. The molecule has 4 atom stereocenters. The zero-order valence-corrected chi connectivity index (χ0v) is 13.5. The molecule has 0 saturated carbocycles. The number of allylic oxidation sites excluding steroid dienone is 2. The van der Waals surface area contributed by atoms with E-state index in [1.807, 2.05) is 0 Å². The van der Waals surface area contributed by atoms with Gasteiger partial charge in [-0.15, -0.1) is 0 Å². The number of ether oxygens (including phenoxy) is 1. The van der Waals surface area contributed by atoms with E-state index in [1.165, 1.54) is 5.57 Å². The number of aliphatic hydroxyl groups excluding tert-OH is 1. The van der Waals surface area contributed by atoms with Crippen LogP contribution in [0.25, 0.3) is 0 Å². The molecule has 1 aliphatic heterocycles. The fourth-order valence-electron chi connectivity index (χ4n) is 3.25. The van der Waals surface area contributed by atoms with Gasteiger partial charge in [0.25, 0.3) is 0 Å². The van der Waals surface area contributed by atoms with E-state index >= 15 is 0 Å². The van der Waals surface area contributed by atoms with E-state index in [1.54, 1.807) is 0 Å². The standard InChI is InChI=1S/C15H25BrO2/c1-10-5-7-11(8-6-10)15(4)13(17)9-12(16)14(2,3)18-15/h5,11-13,17H,6-9H2,1-4H3/t11-,12-,13-,15-/m1/s1. The number of alkyl halides is 1. The topological polar surface area (TPSA) is 29.5 Å². The number of halogens is 1. The SMILES string of the molecule is CC1=CC[C@@H]([C@@]2(C)OC(C)(C)[C@H](Br)C[C@H]2O)CC1. The number of aliphatic hydroxyl groups is 1. The van der Waals surface area contributed by atoms with Gasteiger partial charge in [0.1, 0.15) is 0 Å². The third-order valence-corrected chi connectivity index (χ3v) is 6.25. The maximum absolute atomic E-state index is 10.5. The Labute approximate surface area is 119 Å². The molecule has 1 aliphatic carbocycles. The summed E-state index contributed by atoms with van der Waals surface area (Å²) in [6.07, 6.45) is 5.98. The largest absolute Gasteiger partial charge is 0.390 e. The Bertz CT molecular complexity index is 350. The Hall–Kier alpha value is 0.140. The van der Waals surface area contributed by atoms with Crippen LogP contribution in [0, 0.1) is 5.92 Å². The first kappa shape index (κ1) is 14.5. The van der Waals surface area contributed by atoms with Gasteiger partial charge in [0.05, 0.1) is 17.3 Å². The second kappa shape index (κ2) is 4.92. The van der Waals surface area contributed by atoms with Gasteiger partial charge >= 0.3 is 0 Å². The number of hydrogen-bond donors (Lipinski definition) is 1. The summed E-state index contributed by atoms with van der Waals surface area (Å²) in [7, 11) is 0. The molecule has 1 saturated heterocycles. The quantitative estimate of drug-likeness (QED) is 0.588. The molecule has 2 rings (SSSR count). The van der Waals surface area contributed by atoms with Gasteiger partial charge in [-0.3, -0.25) is 0 Å².